The van der Waals surface area contributed by atoms with Crippen molar-refractivity contribution in [3.63, 3.8) is 0 Å². The first kappa shape index (κ1) is 14.2. The summed E-state index contributed by atoms with van der Waals surface area (Å²) in [6.07, 6.45) is 0. The molecule has 0 atom stereocenters. The van der Waals surface area contributed by atoms with Crippen LogP contribution in [0.3, 0.4) is 0 Å². The third kappa shape index (κ3) is 2.33. The number of hydrogen-bond acceptors (Lipinski definition) is 4. The van der Waals surface area contributed by atoms with Gasteiger partial charge in [-0.2, -0.15) is 0 Å². The second kappa shape index (κ2) is 5.56. The lowest BCUT2D eigenvalue weighted by atomic mass is 10.0. The summed E-state index contributed by atoms with van der Waals surface area (Å²) >= 11 is 0. The lowest BCUT2D eigenvalue weighted by Gasteiger charge is -2.10. The predicted molar refractivity (Wildman–Crippen MR) is 85.8 cm³/mol. The molecule has 0 saturated carbocycles. The van der Waals surface area contributed by atoms with E-state index in [0.29, 0.717) is 5.69 Å². The van der Waals surface area contributed by atoms with E-state index >= 15 is 0 Å². The van der Waals surface area contributed by atoms with Gasteiger partial charge in [0.15, 0.2) is 5.69 Å². The van der Waals surface area contributed by atoms with E-state index in [0.717, 1.165) is 33.4 Å². The maximum Gasteiger partial charge on any atom is 0.356 e. The number of benzene rings is 1. The van der Waals surface area contributed by atoms with Gasteiger partial charge < -0.3 is 4.74 Å². The molecule has 0 aliphatic heterocycles. The molecule has 1 aromatic carbocycles. The molecule has 0 bridgehead atoms. The normalized spacial score (nSPS) is 10.7. The minimum atomic E-state index is -0.422. The standard InChI is InChI=1S/C18H16N2O2/c1-11-14-9-10-15(13-7-5-4-6-8-13)20-17(14)12(2)19-16(11)18(21)22-3/h4-10H,1-3H3. The van der Waals surface area contributed by atoms with Crippen LogP contribution in [0, 0.1) is 13.8 Å². The molecule has 0 saturated heterocycles. The molecule has 4 heteroatoms. The Labute approximate surface area is 128 Å². The molecule has 0 fully saturated rings. The summed E-state index contributed by atoms with van der Waals surface area (Å²) in [5.41, 5.74) is 4.62. The van der Waals surface area contributed by atoms with Crippen molar-refractivity contribution in [3.8, 4) is 11.3 Å². The van der Waals surface area contributed by atoms with Gasteiger partial charge in [0.1, 0.15) is 0 Å². The molecule has 0 N–H and O–H groups in total. The monoisotopic (exact) mass is 292 g/mol. The third-order valence-corrected chi connectivity index (χ3v) is 3.72. The van der Waals surface area contributed by atoms with Crippen LogP contribution in [0.1, 0.15) is 21.7 Å². The number of nitrogens with zero attached hydrogens (tertiary/aromatic N) is 2. The topological polar surface area (TPSA) is 52.1 Å². The number of ether oxygens (including phenoxy) is 1. The number of rotatable bonds is 2. The molecule has 22 heavy (non-hydrogen) atoms. The predicted octanol–water partition coefficient (Wildman–Crippen LogP) is 3.70. The molecule has 0 radical (unpaired) electrons. The van der Waals surface area contributed by atoms with Crippen LogP contribution < -0.4 is 0 Å². The fraction of sp³-hybridized carbons (Fsp3) is 0.167. The number of pyridine rings is 2. The van der Waals surface area contributed by atoms with Crippen molar-refractivity contribution < 1.29 is 9.53 Å². The lowest BCUT2D eigenvalue weighted by Crippen LogP contribution is -2.09. The van der Waals surface area contributed by atoms with Crippen LogP contribution in [-0.2, 0) is 4.74 Å². The highest BCUT2D eigenvalue weighted by atomic mass is 16.5. The zero-order chi connectivity index (χ0) is 15.7. The molecule has 4 nitrogen and oxygen atoms in total. The van der Waals surface area contributed by atoms with Gasteiger partial charge in [-0.25, -0.2) is 14.8 Å². The van der Waals surface area contributed by atoms with Gasteiger partial charge in [-0.3, -0.25) is 0 Å². The first-order chi connectivity index (χ1) is 10.6. The lowest BCUT2D eigenvalue weighted by molar-refractivity contribution is 0.0593. The van der Waals surface area contributed by atoms with Crippen LogP contribution in [0.4, 0.5) is 0 Å². The van der Waals surface area contributed by atoms with Crippen LogP contribution in [0.25, 0.3) is 22.2 Å². The Balaban J connectivity index is 2.23. The number of esters is 1. The number of fused-ring (bicyclic) bond motifs is 1. The number of hydrogen-bond donors (Lipinski definition) is 0. The van der Waals surface area contributed by atoms with E-state index in [2.05, 4.69) is 4.98 Å². The van der Waals surface area contributed by atoms with E-state index in [1.165, 1.54) is 7.11 Å². The summed E-state index contributed by atoms with van der Waals surface area (Å²) in [6, 6.07) is 13.9. The molecule has 110 valence electrons. The van der Waals surface area contributed by atoms with Crippen molar-refractivity contribution in [1.82, 2.24) is 9.97 Å². The van der Waals surface area contributed by atoms with Crippen molar-refractivity contribution in [3.05, 3.63) is 59.4 Å². The summed E-state index contributed by atoms with van der Waals surface area (Å²) in [4.78, 5) is 20.9. The van der Waals surface area contributed by atoms with Gasteiger partial charge in [0.05, 0.1) is 24.0 Å². The van der Waals surface area contributed by atoms with E-state index in [4.69, 9.17) is 9.72 Å². The zero-order valence-electron chi connectivity index (χ0n) is 12.8. The quantitative estimate of drug-likeness (QED) is 0.676. The number of carbonyl (C=O) groups is 1. The van der Waals surface area contributed by atoms with Crippen molar-refractivity contribution in [2.45, 2.75) is 13.8 Å². The Morgan fingerprint density at radius 3 is 2.41 bits per heavy atom. The average Bonchev–Trinajstić information content (AvgIpc) is 2.57. The first-order valence-corrected chi connectivity index (χ1v) is 7.03. The highest BCUT2D eigenvalue weighted by Gasteiger charge is 2.16. The van der Waals surface area contributed by atoms with E-state index in [1.807, 2.05) is 56.3 Å². The number of aromatic nitrogens is 2. The maximum absolute atomic E-state index is 11.8. The van der Waals surface area contributed by atoms with Gasteiger partial charge in [-0.1, -0.05) is 36.4 Å². The second-order valence-corrected chi connectivity index (χ2v) is 5.12. The molecular weight excluding hydrogens is 276 g/mol. The summed E-state index contributed by atoms with van der Waals surface area (Å²) < 4.78 is 4.79. The molecule has 0 unspecified atom stereocenters. The van der Waals surface area contributed by atoms with Gasteiger partial charge >= 0.3 is 5.97 Å². The SMILES string of the molecule is COC(=O)c1nc(C)c2nc(-c3ccccc3)ccc2c1C. The molecule has 2 heterocycles. The number of carbonyl (C=O) groups excluding carboxylic acids is 1. The van der Waals surface area contributed by atoms with Gasteiger partial charge in [-0.05, 0) is 25.5 Å². The number of aryl methyl sites for hydroxylation is 2. The van der Waals surface area contributed by atoms with Gasteiger partial charge in [0, 0.05) is 10.9 Å². The van der Waals surface area contributed by atoms with E-state index in [9.17, 15) is 4.79 Å². The van der Waals surface area contributed by atoms with E-state index in [1.54, 1.807) is 0 Å². The molecule has 2 aromatic heterocycles. The second-order valence-electron chi connectivity index (χ2n) is 5.12. The minimum Gasteiger partial charge on any atom is -0.464 e. The number of methoxy groups -OCH3 is 1. The molecule has 0 amide bonds. The first-order valence-electron chi connectivity index (χ1n) is 7.03. The Morgan fingerprint density at radius 2 is 1.73 bits per heavy atom. The minimum absolute atomic E-state index is 0.349. The van der Waals surface area contributed by atoms with Crippen molar-refractivity contribution in [1.29, 1.82) is 0 Å². The molecule has 0 aliphatic rings. The highest BCUT2D eigenvalue weighted by Crippen LogP contribution is 2.26. The smallest absolute Gasteiger partial charge is 0.356 e. The van der Waals surface area contributed by atoms with Gasteiger partial charge in [0.25, 0.3) is 0 Å². The molecular formula is C18H16N2O2. The summed E-state index contributed by atoms with van der Waals surface area (Å²) in [6.45, 7) is 3.72. The molecule has 0 aliphatic carbocycles. The van der Waals surface area contributed by atoms with Crippen molar-refractivity contribution in [2.75, 3.05) is 7.11 Å². The van der Waals surface area contributed by atoms with Crippen molar-refractivity contribution in [2.24, 2.45) is 0 Å². The van der Waals surface area contributed by atoms with Crippen LogP contribution in [0.2, 0.25) is 0 Å². The molecule has 0 spiro atoms. The highest BCUT2D eigenvalue weighted by molar-refractivity contribution is 5.96. The average molecular weight is 292 g/mol. The van der Waals surface area contributed by atoms with E-state index in [-0.39, 0.29) is 0 Å². The van der Waals surface area contributed by atoms with Crippen molar-refractivity contribution >= 4 is 16.9 Å². The molecule has 3 aromatic rings. The van der Waals surface area contributed by atoms with E-state index < -0.39 is 5.97 Å². The fourth-order valence-corrected chi connectivity index (χ4v) is 2.53. The summed E-state index contributed by atoms with van der Waals surface area (Å²) in [7, 11) is 1.36. The largest absolute Gasteiger partial charge is 0.464 e. The maximum atomic E-state index is 11.8. The van der Waals surface area contributed by atoms with Crippen LogP contribution in [-0.4, -0.2) is 23.0 Å². The summed E-state index contributed by atoms with van der Waals surface area (Å²) in [5, 5.41) is 0.924. The van der Waals surface area contributed by atoms with Crippen LogP contribution >= 0.6 is 0 Å². The zero-order valence-corrected chi connectivity index (χ0v) is 12.8. The van der Waals surface area contributed by atoms with Crippen LogP contribution in [0.5, 0.6) is 0 Å². The summed E-state index contributed by atoms with van der Waals surface area (Å²) in [5.74, 6) is -0.422. The Kier molecular flexibility index (Phi) is 3.59. The van der Waals surface area contributed by atoms with Crippen LogP contribution in [0.15, 0.2) is 42.5 Å². The Morgan fingerprint density at radius 1 is 1.00 bits per heavy atom. The Hall–Kier alpha value is -2.75. The molecule has 3 rings (SSSR count). The van der Waals surface area contributed by atoms with Gasteiger partial charge in [0.2, 0.25) is 0 Å². The third-order valence-electron chi connectivity index (χ3n) is 3.72. The Bertz CT molecular complexity index is 858. The fourth-order valence-electron chi connectivity index (χ4n) is 2.53. The van der Waals surface area contributed by atoms with Gasteiger partial charge in [-0.15, -0.1) is 0 Å².